The molecule has 0 saturated heterocycles. The van der Waals surface area contributed by atoms with E-state index in [1.165, 1.54) is 0 Å². The molecule has 0 fully saturated rings. The maximum absolute atomic E-state index is 12.0. The topological polar surface area (TPSA) is 61.4 Å². The molecule has 2 rings (SSSR count). The van der Waals surface area contributed by atoms with Gasteiger partial charge in [-0.2, -0.15) is 0 Å². The van der Waals surface area contributed by atoms with E-state index in [0.29, 0.717) is 13.0 Å². The predicted molar refractivity (Wildman–Crippen MR) is 78.5 cm³/mol. The fourth-order valence-electron chi connectivity index (χ4n) is 2.50. The molecule has 2 amide bonds. The molecular weight excluding hydrogens is 254 g/mol. The summed E-state index contributed by atoms with van der Waals surface area (Å²) in [6, 6.07) is 7.35. The number of carbonyl (C=O) groups excluding carboxylic acids is 2. The molecule has 0 spiro atoms. The zero-order valence-electron chi connectivity index (χ0n) is 12.1. The first-order valence-corrected chi connectivity index (χ1v) is 6.93. The molecule has 1 heterocycles. The molecule has 0 aromatic heterocycles. The lowest BCUT2D eigenvalue weighted by Crippen LogP contribution is -2.46. The quantitative estimate of drug-likeness (QED) is 0.868. The second-order valence-electron chi connectivity index (χ2n) is 5.05. The van der Waals surface area contributed by atoms with Crippen LogP contribution in [-0.4, -0.2) is 31.4 Å². The van der Waals surface area contributed by atoms with Crippen molar-refractivity contribution in [2.24, 2.45) is 0 Å². The van der Waals surface area contributed by atoms with Gasteiger partial charge in [-0.1, -0.05) is 18.2 Å². The van der Waals surface area contributed by atoms with Crippen molar-refractivity contribution in [1.82, 2.24) is 10.6 Å². The number of fused-ring (bicyclic) bond motifs is 1. The highest BCUT2D eigenvalue weighted by Gasteiger charge is 2.30. The van der Waals surface area contributed by atoms with Gasteiger partial charge < -0.3 is 10.2 Å². The van der Waals surface area contributed by atoms with E-state index in [9.17, 15) is 9.59 Å². The van der Waals surface area contributed by atoms with Gasteiger partial charge in [-0.25, -0.2) is 0 Å². The number of likely N-dealkylation sites (N-methyl/N-ethyl adjacent to an activating group) is 1. The van der Waals surface area contributed by atoms with Crippen molar-refractivity contribution in [1.29, 1.82) is 0 Å². The maximum atomic E-state index is 12.0. The Morgan fingerprint density at radius 3 is 2.85 bits per heavy atom. The molecule has 108 valence electrons. The summed E-state index contributed by atoms with van der Waals surface area (Å²) in [4.78, 5) is 25.5. The van der Waals surface area contributed by atoms with Gasteiger partial charge in [0.2, 0.25) is 11.8 Å². The van der Waals surface area contributed by atoms with Crippen LogP contribution >= 0.6 is 0 Å². The number of carbonyl (C=O) groups is 2. The Morgan fingerprint density at radius 2 is 2.15 bits per heavy atom. The van der Waals surface area contributed by atoms with Gasteiger partial charge in [0.1, 0.15) is 0 Å². The lowest BCUT2D eigenvalue weighted by Gasteiger charge is -2.33. The minimum atomic E-state index is -0.329. The summed E-state index contributed by atoms with van der Waals surface area (Å²) >= 11 is 0. The molecule has 1 aliphatic heterocycles. The smallest absolute Gasteiger partial charge is 0.236 e. The van der Waals surface area contributed by atoms with Gasteiger partial charge >= 0.3 is 0 Å². The molecule has 5 heteroatoms. The molecule has 1 aliphatic rings. The van der Waals surface area contributed by atoms with Crippen LogP contribution in [0.15, 0.2) is 24.3 Å². The Morgan fingerprint density at radius 1 is 1.45 bits per heavy atom. The third-order valence-electron chi connectivity index (χ3n) is 3.62. The number of nitrogens with one attached hydrogen (secondary N) is 2. The van der Waals surface area contributed by atoms with Crippen molar-refractivity contribution in [3.63, 3.8) is 0 Å². The van der Waals surface area contributed by atoms with Gasteiger partial charge in [0, 0.05) is 31.7 Å². The van der Waals surface area contributed by atoms with Crippen LogP contribution in [0.3, 0.4) is 0 Å². The van der Waals surface area contributed by atoms with Crippen LogP contribution in [0.25, 0.3) is 0 Å². The zero-order chi connectivity index (χ0) is 14.7. The van der Waals surface area contributed by atoms with Gasteiger partial charge in [-0.3, -0.25) is 14.9 Å². The number of anilines is 1. The number of rotatable bonds is 4. The standard InChI is InChI=1S/C15H21N3O2/c1-4-16-15(20)10(2)17-12-9-14(19)18(3)13-8-6-5-7-11(12)13/h5-8,10,12,17H,4,9H2,1-3H3,(H,16,20). The second kappa shape index (κ2) is 6.05. The summed E-state index contributed by atoms with van der Waals surface area (Å²) in [5, 5.41) is 6.03. The molecule has 0 bridgehead atoms. The molecule has 0 saturated carbocycles. The summed E-state index contributed by atoms with van der Waals surface area (Å²) in [6.45, 7) is 4.31. The van der Waals surface area contributed by atoms with Gasteiger partial charge in [0.15, 0.2) is 0 Å². The molecule has 2 atom stereocenters. The summed E-state index contributed by atoms with van der Waals surface area (Å²) < 4.78 is 0. The van der Waals surface area contributed by atoms with Crippen molar-refractivity contribution in [2.75, 3.05) is 18.5 Å². The fraction of sp³-hybridized carbons (Fsp3) is 0.467. The Kier molecular flexibility index (Phi) is 4.39. The highest BCUT2D eigenvalue weighted by atomic mass is 16.2. The minimum Gasteiger partial charge on any atom is -0.355 e. The Labute approximate surface area is 119 Å². The molecule has 1 aromatic rings. The third kappa shape index (κ3) is 2.82. The van der Waals surface area contributed by atoms with Gasteiger partial charge in [0.25, 0.3) is 0 Å². The fourth-order valence-corrected chi connectivity index (χ4v) is 2.50. The monoisotopic (exact) mass is 275 g/mol. The third-order valence-corrected chi connectivity index (χ3v) is 3.62. The van der Waals surface area contributed by atoms with Crippen molar-refractivity contribution in [3.05, 3.63) is 29.8 Å². The number of hydrogen-bond donors (Lipinski definition) is 2. The van der Waals surface area contributed by atoms with E-state index in [2.05, 4.69) is 10.6 Å². The molecule has 2 N–H and O–H groups in total. The number of benzene rings is 1. The number of para-hydroxylation sites is 1. The van der Waals surface area contributed by atoms with Crippen molar-refractivity contribution >= 4 is 17.5 Å². The van der Waals surface area contributed by atoms with Crippen LogP contribution < -0.4 is 15.5 Å². The lowest BCUT2D eigenvalue weighted by atomic mass is 9.95. The molecule has 2 unspecified atom stereocenters. The molecule has 0 aliphatic carbocycles. The minimum absolute atomic E-state index is 0.0450. The Hall–Kier alpha value is -1.88. The molecule has 1 aromatic carbocycles. The van der Waals surface area contributed by atoms with Crippen molar-refractivity contribution in [3.8, 4) is 0 Å². The Balaban J connectivity index is 2.19. The van der Waals surface area contributed by atoms with E-state index in [1.54, 1.807) is 11.9 Å². The van der Waals surface area contributed by atoms with E-state index in [0.717, 1.165) is 11.3 Å². The predicted octanol–water partition coefficient (Wildman–Crippen LogP) is 1.21. The largest absolute Gasteiger partial charge is 0.355 e. The SMILES string of the molecule is CCNC(=O)C(C)NC1CC(=O)N(C)c2ccccc21. The molecule has 20 heavy (non-hydrogen) atoms. The molecule has 0 radical (unpaired) electrons. The van der Waals surface area contributed by atoms with Crippen molar-refractivity contribution in [2.45, 2.75) is 32.4 Å². The summed E-state index contributed by atoms with van der Waals surface area (Å²) in [5.74, 6) is 0.0145. The second-order valence-corrected chi connectivity index (χ2v) is 5.05. The van der Waals surface area contributed by atoms with E-state index < -0.39 is 0 Å². The van der Waals surface area contributed by atoms with Gasteiger partial charge in [-0.05, 0) is 25.5 Å². The van der Waals surface area contributed by atoms with Gasteiger partial charge in [-0.15, -0.1) is 0 Å². The normalized spacial score (nSPS) is 19.4. The van der Waals surface area contributed by atoms with Crippen LogP contribution in [0.2, 0.25) is 0 Å². The lowest BCUT2D eigenvalue weighted by molar-refractivity contribution is -0.124. The van der Waals surface area contributed by atoms with E-state index in [4.69, 9.17) is 0 Å². The summed E-state index contributed by atoms with van der Waals surface area (Å²) in [7, 11) is 1.78. The highest BCUT2D eigenvalue weighted by molar-refractivity contribution is 5.96. The van der Waals surface area contributed by atoms with Crippen LogP contribution in [-0.2, 0) is 9.59 Å². The molecule has 5 nitrogen and oxygen atoms in total. The number of hydrogen-bond acceptors (Lipinski definition) is 3. The van der Waals surface area contributed by atoms with E-state index in [1.807, 2.05) is 38.1 Å². The summed E-state index contributed by atoms with van der Waals surface area (Å²) in [6.07, 6.45) is 0.372. The number of nitrogens with zero attached hydrogens (tertiary/aromatic N) is 1. The average molecular weight is 275 g/mol. The van der Waals surface area contributed by atoms with E-state index in [-0.39, 0.29) is 23.9 Å². The average Bonchev–Trinajstić information content (AvgIpc) is 2.44. The van der Waals surface area contributed by atoms with Crippen LogP contribution in [0, 0.1) is 0 Å². The van der Waals surface area contributed by atoms with Gasteiger partial charge in [0.05, 0.1) is 6.04 Å². The first-order valence-electron chi connectivity index (χ1n) is 6.93. The first-order chi connectivity index (χ1) is 9.54. The van der Waals surface area contributed by atoms with Crippen LogP contribution in [0.5, 0.6) is 0 Å². The molecular formula is C15H21N3O2. The zero-order valence-corrected chi connectivity index (χ0v) is 12.1. The van der Waals surface area contributed by atoms with Crippen LogP contribution in [0.1, 0.15) is 31.9 Å². The number of amides is 2. The maximum Gasteiger partial charge on any atom is 0.236 e. The van der Waals surface area contributed by atoms with E-state index >= 15 is 0 Å². The summed E-state index contributed by atoms with van der Waals surface area (Å²) in [5.41, 5.74) is 1.97. The van der Waals surface area contributed by atoms with Crippen LogP contribution in [0.4, 0.5) is 5.69 Å². The Bertz CT molecular complexity index is 516. The van der Waals surface area contributed by atoms with Crippen molar-refractivity contribution < 1.29 is 9.59 Å². The highest BCUT2D eigenvalue weighted by Crippen LogP contribution is 2.33. The first kappa shape index (κ1) is 14.5.